The zero-order valence-corrected chi connectivity index (χ0v) is 24.4. The van der Waals surface area contributed by atoms with Crippen LogP contribution in [0.4, 0.5) is 0 Å². The van der Waals surface area contributed by atoms with Gasteiger partial charge in [0, 0.05) is 21.2 Å². The second-order valence-electron chi connectivity index (χ2n) is 13.4. The predicted octanol–water partition coefficient (Wildman–Crippen LogP) is 9.59. The van der Waals surface area contributed by atoms with Crippen LogP contribution in [0.5, 0.6) is 0 Å². The van der Waals surface area contributed by atoms with Crippen molar-refractivity contribution in [1.82, 2.24) is 0 Å². The van der Waals surface area contributed by atoms with Gasteiger partial charge in [-0.2, -0.15) is 0 Å². The fourth-order valence-electron chi connectivity index (χ4n) is 6.35. The number of fused-ring (bicyclic) bond motifs is 5. The lowest BCUT2D eigenvalue weighted by Gasteiger charge is -2.28. The van der Waals surface area contributed by atoms with E-state index in [1.54, 1.807) is 0 Å². The molecule has 0 aliphatic carbocycles. The summed E-state index contributed by atoms with van der Waals surface area (Å²) in [5.74, 6) is 0. The van der Waals surface area contributed by atoms with Crippen molar-refractivity contribution in [3.63, 3.8) is 0 Å². The highest BCUT2D eigenvalue weighted by atomic mass is 32.2. The fraction of sp³-hybridized carbons (Fsp3) is 0.343. The van der Waals surface area contributed by atoms with Gasteiger partial charge >= 0.3 is 0 Å². The quantitative estimate of drug-likeness (QED) is 0.168. The summed E-state index contributed by atoms with van der Waals surface area (Å²) < 4.78 is 2.37. The first-order chi connectivity index (χ1) is 17.4. The summed E-state index contributed by atoms with van der Waals surface area (Å²) in [6.07, 6.45) is 4.41. The molecule has 0 radical (unpaired) electrons. The Labute approximate surface area is 225 Å². The first-order valence-corrected chi connectivity index (χ1v) is 14.3. The molecule has 0 saturated heterocycles. The van der Waals surface area contributed by atoms with Gasteiger partial charge in [-0.05, 0) is 74.9 Å². The summed E-state index contributed by atoms with van der Waals surface area (Å²) >= 11 is 2.00. The monoisotopic (exact) mass is 504 g/mol. The topological polar surface area (TPSA) is 3.88 Å². The Morgan fingerprint density at radius 2 is 1.46 bits per heavy atom. The van der Waals surface area contributed by atoms with Crippen molar-refractivity contribution >= 4 is 44.1 Å². The number of hydrogen-bond donors (Lipinski definition) is 0. The molecule has 6 rings (SSSR count). The van der Waals surface area contributed by atoms with E-state index in [9.17, 15) is 0 Å². The van der Waals surface area contributed by atoms with Crippen molar-refractivity contribution in [2.24, 2.45) is 17.9 Å². The van der Waals surface area contributed by atoms with Crippen molar-refractivity contribution in [1.29, 1.82) is 0 Å². The zero-order valence-electron chi connectivity index (χ0n) is 23.5. The molecule has 1 aliphatic heterocycles. The van der Waals surface area contributed by atoms with Gasteiger partial charge in [0.05, 0.1) is 10.9 Å². The van der Waals surface area contributed by atoms with Crippen LogP contribution in [0.3, 0.4) is 0 Å². The molecule has 0 fully saturated rings. The Balaban J connectivity index is 1.77. The molecule has 4 aromatic carbocycles. The highest BCUT2D eigenvalue weighted by molar-refractivity contribution is 8.00. The van der Waals surface area contributed by atoms with Crippen LogP contribution in [0.1, 0.15) is 58.2 Å². The normalized spacial score (nSPS) is 13.5. The van der Waals surface area contributed by atoms with Crippen molar-refractivity contribution < 1.29 is 4.57 Å². The minimum Gasteiger partial charge on any atom is -0.200 e. The van der Waals surface area contributed by atoms with Crippen molar-refractivity contribution in [2.45, 2.75) is 71.1 Å². The van der Waals surface area contributed by atoms with E-state index in [1.165, 1.54) is 70.1 Å². The lowest BCUT2D eigenvalue weighted by atomic mass is 9.82. The van der Waals surface area contributed by atoms with Crippen LogP contribution in [-0.4, -0.2) is 0 Å². The van der Waals surface area contributed by atoms with Crippen molar-refractivity contribution in [2.75, 3.05) is 0 Å². The van der Waals surface area contributed by atoms with Crippen LogP contribution in [0.25, 0.3) is 43.6 Å². The largest absolute Gasteiger partial charge is 0.222 e. The van der Waals surface area contributed by atoms with Gasteiger partial charge in [0.2, 0.25) is 5.69 Å². The molecule has 2 heteroatoms. The van der Waals surface area contributed by atoms with Gasteiger partial charge in [-0.1, -0.05) is 95.8 Å². The summed E-state index contributed by atoms with van der Waals surface area (Å²) in [5.41, 5.74) is 7.58. The van der Waals surface area contributed by atoms with Gasteiger partial charge in [0.25, 0.3) is 0 Å². The lowest BCUT2D eigenvalue weighted by Crippen LogP contribution is -2.32. The Kier molecular flexibility index (Phi) is 5.52. The molecule has 0 spiro atoms. The van der Waals surface area contributed by atoms with E-state index in [4.69, 9.17) is 0 Å². The van der Waals surface area contributed by atoms with Crippen LogP contribution in [0.15, 0.2) is 70.6 Å². The molecule has 0 atom stereocenters. The maximum atomic E-state index is 2.46. The third-order valence-electron chi connectivity index (χ3n) is 7.72. The molecule has 0 amide bonds. The summed E-state index contributed by atoms with van der Waals surface area (Å²) in [6, 6.07) is 20.8. The maximum Gasteiger partial charge on any atom is 0.222 e. The van der Waals surface area contributed by atoms with Gasteiger partial charge in [-0.25, -0.2) is 4.57 Å². The molecule has 1 nitrogen and oxygen atoms in total. The molecule has 188 valence electrons. The van der Waals surface area contributed by atoms with E-state index in [0.29, 0.717) is 0 Å². The van der Waals surface area contributed by atoms with Crippen molar-refractivity contribution in [3.8, 4) is 11.3 Å². The molecular weight excluding hydrogens is 466 g/mol. The minimum absolute atomic E-state index is 0.200. The molecule has 0 saturated carbocycles. The minimum atomic E-state index is 0.200. The average molecular weight is 505 g/mol. The van der Waals surface area contributed by atoms with E-state index >= 15 is 0 Å². The summed E-state index contributed by atoms with van der Waals surface area (Å²) in [5, 5.41) is 8.38. The highest BCUT2D eigenvalue weighted by Crippen LogP contribution is 2.53. The van der Waals surface area contributed by atoms with E-state index in [1.807, 2.05) is 11.8 Å². The van der Waals surface area contributed by atoms with Crippen LogP contribution in [0.2, 0.25) is 0 Å². The molecule has 0 N–H and O–H groups in total. The summed E-state index contributed by atoms with van der Waals surface area (Å²) in [6.45, 7) is 16.4. The lowest BCUT2D eigenvalue weighted by molar-refractivity contribution is -0.659. The standard InChI is InChI=1S/C35H38NS/c1-21-24-14-9-10-15-25(24)27(20-35(5,6)7)33-29(21)32-31-26(16-17-36(32)8)30-22(18-28(31)37-33)12-11-13-23(30)19-34(2,3)4/h9-18H,19-20H2,1-8H3/q+1. The first kappa shape index (κ1) is 24.5. The molecule has 0 unspecified atom stereocenters. The molecule has 1 aromatic heterocycles. The number of aromatic nitrogens is 1. The number of pyridine rings is 1. The predicted molar refractivity (Wildman–Crippen MR) is 161 cm³/mol. The number of nitrogens with zero attached hydrogens (tertiary/aromatic N) is 1. The van der Waals surface area contributed by atoms with Gasteiger partial charge in [0.15, 0.2) is 6.20 Å². The van der Waals surface area contributed by atoms with Gasteiger partial charge in [-0.3, -0.25) is 0 Å². The fourth-order valence-corrected chi connectivity index (χ4v) is 7.73. The third-order valence-corrected chi connectivity index (χ3v) is 8.91. The van der Waals surface area contributed by atoms with Gasteiger partial charge in [-0.15, -0.1) is 0 Å². The Hall–Kier alpha value is -2.84. The Bertz CT molecular complexity index is 1730. The SMILES string of the molecule is Cc1c2c(c(CC(C)(C)C)c3ccccc13)Sc1cc3cccc(CC(C)(C)C)c3c3cc[n+](C)c-2c13. The van der Waals surface area contributed by atoms with Crippen LogP contribution < -0.4 is 4.57 Å². The second kappa shape index (κ2) is 8.33. The second-order valence-corrected chi connectivity index (χ2v) is 14.4. The summed E-state index contributed by atoms with van der Waals surface area (Å²) in [4.78, 5) is 2.84. The van der Waals surface area contributed by atoms with Crippen LogP contribution in [0, 0.1) is 17.8 Å². The Morgan fingerprint density at radius 3 is 2.16 bits per heavy atom. The van der Waals surface area contributed by atoms with Crippen LogP contribution >= 0.6 is 11.8 Å². The molecule has 2 heterocycles. The maximum absolute atomic E-state index is 2.46. The average Bonchev–Trinajstić information content (AvgIpc) is 2.81. The zero-order chi connectivity index (χ0) is 26.3. The van der Waals surface area contributed by atoms with E-state index in [-0.39, 0.29) is 10.8 Å². The van der Waals surface area contributed by atoms with E-state index < -0.39 is 0 Å². The van der Waals surface area contributed by atoms with E-state index in [0.717, 1.165) is 12.8 Å². The smallest absolute Gasteiger partial charge is 0.200 e. The molecule has 37 heavy (non-hydrogen) atoms. The number of benzene rings is 4. The highest BCUT2D eigenvalue weighted by Gasteiger charge is 2.33. The third kappa shape index (κ3) is 4.05. The van der Waals surface area contributed by atoms with Gasteiger partial charge in [0.1, 0.15) is 7.05 Å². The number of hydrogen-bond acceptors (Lipinski definition) is 1. The van der Waals surface area contributed by atoms with Gasteiger partial charge < -0.3 is 0 Å². The Morgan fingerprint density at radius 1 is 0.757 bits per heavy atom. The molecule has 5 aromatic rings. The molecule has 1 aliphatic rings. The number of aryl methyl sites for hydroxylation is 2. The van der Waals surface area contributed by atoms with Crippen LogP contribution in [-0.2, 0) is 19.9 Å². The first-order valence-electron chi connectivity index (χ1n) is 13.5. The number of rotatable bonds is 2. The molecule has 0 bridgehead atoms. The molecular formula is C35H38NS+. The van der Waals surface area contributed by atoms with E-state index in [2.05, 4.69) is 121 Å². The van der Waals surface area contributed by atoms with Crippen molar-refractivity contribution in [3.05, 3.63) is 77.5 Å². The summed E-state index contributed by atoms with van der Waals surface area (Å²) in [7, 11) is 2.22.